The molecule has 2 heterocycles. The number of nitrogens with one attached hydrogen (secondary N) is 1. The molecule has 15 heavy (non-hydrogen) atoms. The highest BCUT2D eigenvalue weighted by Gasteiger charge is 2.13. The smallest absolute Gasteiger partial charge is 0.0889 e. The highest BCUT2D eigenvalue weighted by atomic mass is 32.1. The molecular formula is C11H13N3S. The Kier molecular flexibility index (Phi) is 3.11. The van der Waals surface area contributed by atoms with Gasteiger partial charge in [-0.05, 0) is 36.1 Å². The first-order valence-corrected chi connectivity index (χ1v) is 5.61. The first-order valence-electron chi connectivity index (χ1n) is 4.73. The maximum absolute atomic E-state index is 5.56. The van der Waals surface area contributed by atoms with Crippen LogP contribution in [0.3, 0.4) is 0 Å². The second kappa shape index (κ2) is 4.53. The number of hydrogen-bond acceptors (Lipinski definition) is 4. The van der Waals surface area contributed by atoms with Crippen LogP contribution in [0.5, 0.6) is 0 Å². The molecule has 0 fully saturated rings. The van der Waals surface area contributed by atoms with E-state index in [9.17, 15) is 0 Å². The van der Waals surface area contributed by atoms with Crippen LogP contribution in [-0.2, 0) is 0 Å². The van der Waals surface area contributed by atoms with Crippen LogP contribution in [0, 0.1) is 6.92 Å². The van der Waals surface area contributed by atoms with Crippen LogP contribution in [0.25, 0.3) is 0 Å². The van der Waals surface area contributed by atoms with Gasteiger partial charge in [0.1, 0.15) is 0 Å². The van der Waals surface area contributed by atoms with Gasteiger partial charge in [0.05, 0.1) is 11.7 Å². The average molecular weight is 219 g/mol. The molecule has 0 saturated heterocycles. The number of rotatable bonds is 3. The molecular weight excluding hydrogens is 206 g/mol. The molecule has 0 saturated carbocycles. The van der Waals surface area contributed by atoms with Gasteiger partial charge < -0.3 is 0 Å². The zero-order valence-electron chi connectivity index (χ0n) is 8.47. The van der Waals surface area contributed by atoms with Crippen molar-refractivity contribution in [3.8, 4) is 0 Å². The third-order valence-electron chi connectivity index (χ3n) is 2.23. The lowest BCUT2D eigenvalue weighted by atomic mass is 10.1. The molecule has 2 aromatic rings. The number of nitrogens with two attached hydrogens (primary N) is 1. The predicted molar refractivity (Wildman–Crippen MR) is 62.5 cm³/mol. The summed E-state index contributed by atoms with van der Waals surface area (Å²) in [6, 6.07) is 7.94. The second-order valence-corrected chi connectivity index (χ2v) is 4.46. The SMILES string of the molecule is Cc1cc(C(NN)c2ccccn2)cs1. The molecule has 0 spiro atoms. The molecule has 2 aromatic heterocycles. The molecule has 1 unspecified atom stereocenters. The first-order chi connectivity index (χ1) is 7.31. The van der Waals surface area contributed by atoms with Crippen molar-refractivity contribution in [2.75, 3.05) is 0 Å². The quantitative estimate of drug-likeness (QED) is 0.613. The number of aryl methyl sites for hydroxylation is 1. The normalized spacial score (nSPS) is 12.7. The number of aromatic nitrogens is 1. The minimum absolute atomic E-state index is 0.0175. The summed E-state index contributed by atoms with van der Waals surface area (Å²) in [5.41, 5.74) is 4.90. The third-order valence-corrected chi connectivity index (χ3v) is 3.11. The average Bonchev–Trinajstić information content (AvgIpc) is 2.68. The molecule has 78 valence electrons. The second-order valence-electron chi connectivity index (χ2n) is 3.34. The first kappa shape index (κ1) is 10.3. The summed E-state index contributed by atoms with van der Waals surface area (Å²) >= 11 is 1.72. The van der Waals surface area contributed by atoms with E-state index in [-0.39, 0.29) is 6.04 Å². The van der Waals surface area contributed by atoms with Gasteiger partial charge in [-0.25, -0.2) is 5.43 Å². The van der Waals surface area contributed by atoms with Crippen LogP contribution in [0.15, 0.2) is 35.8 Å². The molecule has 0 amide bonds. The minimum atomic E-state index is -0.0175. The fraction of sp³-hybridized carbons (Fsp3) is 0.182. The summed E-state index contributed by atoms with van der Waals surface area (Å²) in [7, 11) is 0. The number of thiophene rings is 1. The summed E-state index contributed by atoms with van der Waals surface area (Å²) < 4.78 is 0. The zero-order valence-corrected chi connectivity index (χ0v) is 9.29. The molecule has 0 aromatic carbocycles. The summed E-state index contributed by atoms with van der Waals surface area (Å²) in [5, 5.41) is 2.11. The molecule has 0 aliphatic heterocycles. The monoisotopic (exact) mass is 219 g/mol. The standard InChI is InChI=1S/C11H13N3S/c1-8-6-9(7-15-8)11(14-12)10-4-2-3-5-13-10/h2-7,11,14H,12H2,1H3. The van der Waals surface area contributed by atoms with E-state index in [0.29, 0.717) is 0 Å². The Morgan fingerprint density at radius 2 is 2.33 bits per heavy atom. The van der Waals surface area contributed by atoms with E-state index < -0.39 is 0 Å². The van der Waals surface area contributed by atoms with Crippen molar-refractivity contribution in [3.63, 3.8) is 0 Å². The third kappa shape index (κ3) is 2.23. The molecule has 0 aliphatic carbocycles. The number of nitrogens with zero attached hydrogens (tertiary/aromatic N) is 1. The van der Waals surface area contributed by atoms with Gasteiger partial charge in [0.25, 0.3) is 0 Å². The van der Waals surface area contributed by atoms with E-state index in [1.807, 2.05) is 18.2 Å². The van der Waals surface area contributed by atoms with Gasteiger partial charge >= 0.3 is 0 Å². The molecule has 2 rings (SSSR count). The Bertz CT molecular complexity index is 424. The maximum atomic E-state index is 5.56. The van der Waals surface area contributed by atoms with Crippen LogP contribution in [0.4, 0.5) is 0 Å². The van der Waals surface area contributed by atoms with E-state index in [2.05, 4.69) is 28.8 Å². The van der Waals surface area contributed by atoms with Crippen molar-refractivity contribution in [1.29, 1.82) is 0 Å². The fourth-order valence-electron chi connectivity index (χ4n) is 1.51. The van der Waals surface area contributed by atoms with Crippen LogP contribution in [0.1, 0.15) is 22.2 Å². The molecule has 3 N–H and O–H groups in total. The van der Waals surface area contributed by atoms with Crippen molar-refractivity contribution in [3.05, 3.63) is 52.0 Å². The Labute approximate surface area is 92.9 Å². The maximum Gasteiger partial charge on any atom is 0.0889 e. The Morgan fingerprint density at radius 3 is 2.87 bits per heavy atom. The van der Waals surface area contributed by atoms with Crippen LogP contribution < -0.4 is 11.3 Å². The summed E-state index contributed by atoms with van der Waals surface area (Å²) in [5.74, 6) is 5.56. The zero-order chi connectivity index (χ0) is 10.7. The molecule has 0 bridgehead atoms. The highest BCUT2D eigenvalue weighted by Crippen LogP contribution is 2.24. The van der Waals surface area contributed by atoms with Crippen LogP contribution in [0.2, 0.25) is 0 Å². The van der Waals surface area contributed by atoms with Crippen LogP contribution >= 0.6 is 11.3 Å². The molecule has 0 aliphatic rings. The summed E-state index contributed by atoms with van der Waals surface area (Å²) in [6.07, 6.45) is 1.78. The molecule has 1 atom stereocenters. The van der Waals surface area contributed by atoms with Crippen LogP contribution in [-0.4, -0.2) is 4.98 Å². The van der Waals surface area contributed by atoms with Gasteiger partial charge in [-0.15, -0.1) is 11.3 Å². The number of hydrazine groups is 1. The summed E-state index contributed by atoms with van der Waals surface area (Å²) in [6.45, 7) is 2.08. The van der Waals surface area contributed by atoms with E-state index in [4.69, 9.17) is 5.84 Å². The van der Waals surface area contributed by atoms with Gasteiger partial charge in [0.15, 0.2) is 0 Å². The minimum Gasteiger partial charge on any atom is -0.271 e. The van der Waals surface area contributed by atoms with Crippen molar-refractivity contribution < 1.29 is 0 Å². The van der Waals surface area contributed by atoms with E-state index in [1.54, 1.807) is 17.5 Å². The van der Waals surface area contributed by atoms with E-state index in [1.165, 1.54) is 10.4 Å². The lowest BCUT2D eigenvalue weighted by molar-refractivity contribution is 0.622. The van der Waals surface area contributed by atoms with Crippen molar-refractivity contribution in [2.45, 2.75) is 13.0 Å². The molecule has 3 nitrogen and oxygen atoms in total. The van der Waals surface area contributed by atoms with E-state index >= 15 is 0 Å². The number of hydrogen-bond donors (Lipinski definition) is 2. The van der Waals surface area contributed by atoms with Gasteiger partial charge in [-0.3, -0.25) is 10.8 Å². The summed E-state index contributed by atoms with van der Waals surface area (Å²) in [4.78, 5) is 5.58. The molecule has 0 radical (unpaired) electrons. The highest BCUT2D eigenvalue weighted by molar-refractivity contribution is 7.10. The fourth-order valence-corrected chi connectivity index (χ4v) is 2.24. The lowest BCUT2D eigenvalue weighted by Crippen LogP contribution is -2.29. The van der Waals surface area contributed by atoms with Crippen molar-refractivity contribution in [1.82, 2.24) is 10.4 Å². The van der Waals surface area contributed by atoms with Gasteiger partial charge in [0, 0.05) is 11.1 Å². The van der Waals surface area contributed by atoms with Gasteiger partial charge in [-0.2, -0.15) is 0 Å². The topological polar surface area (TPSA) is 50.9 Å². The largest absolute Gasteiger partial charge is 0.271 e. The van der Waals surface area contributed by atoms with Gasteiger partial charge in [-0.1, -0.05) is 6.07 Å². The lowest BCUT2D eigenvalue weighted by Gasteiger charge is -2.13. The van der Waals surface area contributed by atoms with E-state index in [0.717, 1.165) is 5.69 Å². The Morgan fingerprint density at radius 1 is 1.47 bits per heavy atom. The Hall–Kier alpha value is -1.23. The van der Waals surface area contributed by atoms with Crippen molar-refractivity contribution in [2.24, 2.45) is 5.84 Å². The van der Waals surface area contributed by atoms with Crippen molar-refractivity contribution >= 4 is 11.3 Å². The Balaban J connectivity index is 2.33. The number of pyridine rings is 1. The molecule has 4 heteroatoms. The van der Waals surface area contributed by atoms with Gasteiger partial charge in [0.2, 0.25) is 0 Å². The predicted octanol–water partition coefficient (Wildman–Crippen LogP) is 2.00.